The summed E-state index contributed by atoms with van der Waals surface area (Å²) in [5.74, 6) is -0.241. The van der Waals surface area contributed by atoms with Crippen molar-refractivity contribution in [3.8, 4) is 0 Å². The van der Waals surface area contributed by atoms with Gasteiger partial charge in [0.1, 0.15) is 0 Å². The SMILES string of the molecule is [CH2]N1CCCCC1C(N)=O. The fraction of sp³-hybridized carbons (Fsp3) is 0.714. The summed E-state index contributed by atoms with van der Waals surface area (Å²) in [5, 5.41) is 0. The van der Waals surface area contributed by atoms with Crippen molar-refractivity contribution in [2.24, 2.45) is 5.73 Å². The predicted octanol–water partition coefficient (Wildman–Crippen LogP) is 0.118. The molecule has 1 aliphatic heterocycles. The van der Waals surface area contributed by atoms with Gasteiger partial charge >= 0.3 is 0 Å². The van der Waals surface area contributed by atoms with Crippen LogP contribution in [0, 0.1) is 7.05 Å². The van der Waals surface area contributed by atoms with Crippen molar-refractivity contribution in [3.05, 3.63) is 7.05 Å². The smallest absolute Gasteiger partial charge is 0.234 e. The highest BCUT2D eigenvalue weighted by molar-refractivity contribution is 5.79. The second kappa shape index (κ2) is 3.01. The number of rotatable bonds is 1. The lowest BCUT2D eigenvalue weighted by Crippen LogP contribution is -2.44. The first-order chi connectivity index (χ1) is 4.72. The third-order valence-corrected chi connectivity index (χ3v) is 1.94. The largest absolute Gasteiger partial charge is 0.368 e. The molecule has 1 rings (SSSR count). The summed E-state index contributed by atoms with van der Waals surface area (Å²) >= 11 is 0. The summed E-state index contributed by atoms with van der Waals surface area (Å²) in [6, 6.07) is -0.117. The minimum absolute atomic E-state index is 0.117. The van der Waals surface area contributed by atoms with Crippen LogP contribution >= 0.6 is 0 Å². The van der Waals surface area contributed by atoms with Crippen LogP contribution in [0.2, 0.25) is 0 Å². The van der Waals surface area contributed by atoms with Gasteiger partial charge in [-0.2, -0.15) is 0 Å². The Balaban J connectivity index is 2.47. The third kappa shape index (κ3) is 1.48. The lowest BCUT2D eigenvalue weighted by molar-refractivity contribution is -0.123. The molecule has 1 amide bonds. The Hall–Kier alpha value is -0.570. The standard InChI is InChI=1S/C7H13N2O/c1-9-5-3-2-4-6(9)7(8)10/h6H,1-5H2,(H2,8,10). The Labute approximate surface area is 61.2 Å². The van der Waals surface area contributed by atoms with Crippen LogP contribution in [0.1, 0.15) is 19.3 Å². The maximum Gasteiger partial charge on any atom is 0.234 e. The van der Waals surface area contributed by atoms with E-state index in [4.69, 9.17) is 5.73 Å². The average Bonchev–Trinajstić information content (AvgIpc) is 1.88. The van der Waals surface area contributed by atoms with E-state index in [1.807, 2.05) is 0 Å². The highest BCUT2D eigenvalue weighted by atomic mass is 16.1. The Bertz CT molecular complexity index is 136. The van der Waals surface area contributed by atoms with E-state index in [1.54, 1.807) is 4.90 Å². The van der Waals surface area contributed by atoms with Crippen LogP contribution in [-0.4, -0.2) is 23.4 Å². The number of amides is 1. The lowest BCUT2D eigenvalue weighted by Gasteiger charge is -2.29. The monoisotopic (exact) mass is 141 g/mol. The van der Waals surface area contributed by atoms with Crippen LogP contribution in [0.3, 0.4) is 0 Å². The van der Waals surface area contributed by atoms with E-state index in [9.17, 15) is 4.79 Å². The quantitative estimate of drug-likeness (QED) is 0.563. The van der Waals surface area contributed by atoms with E-state index >= 15 is 0 Å². The third-order valence-electron chi connectivity index (χ3n) is 1.94. The summed E-state index contributed by atoms with van der Waals surface area (Å²) in [5.41, 5.74) is 5.14. The van der Waals surface area contributed by atoms with Crippen molar-refractivity contribution in [3.63, 3.8) is 0 Å². The Kier molecular flexibility index (Phi) is 2.27. The van der Waals surface area contributed by atoms with E-state index in [1.165, 1.54) is 0 Å². The number of hydrogen-bond acceptors (Lipinski definition) is 2. The molecule has 0 aromatic carbocycles. The number of nitrogens with two attached hydrogens (primary N) is 1. The molecule has 0 aliphatic carbocycles. The molecular formula is C7H13N2O. The lowest BCUT2D eigenvalue weighted by atomic mass is 10.0. The van der Waals surface area contributed by atoms with Gasteiger partial charge in [-0.1, -0.05) is 6.42 Å². The summed E-state index contributed by atoms with van der Waals surface area (Å²) in [4.78, 5) is 12.5. The van der Waals surface area contributed by atoms with Gasteiger partial charge in [0.15, 0.2) is 0 Å². The van der Waals surface area contributed by atoms with E-state index in [-0.39, 0.29) is 11.9 Å². The van der Waals surface area contributed by atoms with Gasteiger partial charge in [0.25, 0.3) is 0 Å². The molecule has 0 spiro atoms. The van der Waals surface area contributed by atoms with Crippen molar-refractivity contribution < 1.29 is 4.79 Å². The number of hydrogen-bond donors (Lipinski definition) is 1. The molecule has 10 heavy (non-hydrogen) atoms. The van der Waals surface area contributed by atoms with Crippen molar-refractivity contribution in [2.75, 3.05) is 6.54 Å². The first-order valence-corrected chi connectivity index (χ1v) is 3.58. The van der Waals surface area contributed by atoms with E-state index in [0.29, 0.717) is 0 Å². The molecule has 2 N–H and O–H groups in total. The molecular weight excluding hydrogens is 128 g/mol. The number of primary amides is 1. The van der Waals surface area contributed by atoms with E-state index in [0.717, 1.165) is 25.8 Å². The summed E-state index contributed by atoms with van der Waals surface area (Å²) in [7, 11) is 3.73. The molecule has 1 radical (unpaired) electrons. The van der Waals surface area contributed by atoms with Gasteiger partial charge < -0.3 is 5.73 Å². The Morgan fingerprint density at radius 1 is 1.60 bits per heavy atom. The number of likely N-dealkylation sites (tertiary alicyclic amines) is 1. The van der Waals surface area contributed by atoms with Crippen molar-refractivity contribution in [1.29, 1.82) is 0 Å². The Morgan fingerprint density at radius 3 is 2.70 bits per heavy atom. The molecule has 1 heterocycles. The zero-order valence-corrected chi connectivity index (χ0v) is 6.05. The zero-order chi connectivity index (χ0) is 7.56. The molecule has 0 aromatic heterocycles. The minimum atomic E-state index is -0.241. The molecule has 1 aliphatic rings. The highest BCUT2D eigenvalue weighted by Gasteiger charge is 2.23. The first kappa shape index (κ1) is 7.54. The maximum absolute atomic E-state index is 10.7. The molecule has 3 nitrogen and oxygen atoms in total. The van der Waals surface area contributed by atoms with Gasteiger partial charge in [-0.05, 0) is 19.4 Å². The second-order valence-electron chi connectivity index (χ2n) is 2.73. The molecule has 3 heteroatoms. The van der Waals surface area contributed by atoms with Gasteiger partial charge in [0, 0.05) is 7.05 Å². The van der Waals surface area contributed by atoms with Gasteiger partial charge in [-0.25, -0.2) is 0 Å². The van der Waals surface area contributed by atoms with Gasteiger partial charge in [0.05, 0.1) is 6.04 Å². The fourth-order valence-electron chi connectivity index (χ4n) is 1.31. The van der Waals surface area contributed by atoms with Crippen molar-refractivity contribution >= 4 is 5.91 Å². The van der Waals surface area contributed by atoms with Gasteiger partial charge in [-0.3, -0.25) is 9.69 Å². The van der Waals surface area contributed by atoms with Crippen molar-refractivity contribution in [2.45, 2.75) is 25.3 Å². The van der Waals surface area contributed by atoms with Gasteiger partial charge in [0.2, 0.25) is 5.91 Å². The van der Waals surface area contributed by atoms with Gasteiger partial charge in [-0.15, -0.1) is 0 Å². The van der Waals surface area contributed by atoms with Crippen LogP contribution in [0.4, 0.5) is 0 Å². The normalized spacial score (nSPS) is 28.3. The molecule has 0 bridgehead atoms. The molecule has 1 saturated heterocycles. The maximum atomic E-state index is 10.7. The van der Waals surface area contributed by atoms with Crippen LogP contribution in [0.25, 0.3) is 0 Å². The number of nitrogens with zero attached hydrogens (tertiary/aromatic N) is 1. The first-order valence-electron chi connectivity index (χ1n) is 3.58. The molecule has 1 unspecified atom stereocenters. The molecule has 57 valence electrons. The molecule has 0 saturated carbocycles. The number of carbonyl (C=O) groups excluding carboxylic acids is 1. The minimum Gasteiger partial charge on any atom is -0.368 e. The van der Waals surface area contributed by atoms with Crippen LogP contribution < -0.4 is 5.73 Å². The zero-order valence-electron chi connectivity index (χ0n) is 6.05. The number of carbonyl (C=O) groups is 1. The van der Waals surface area contributed by atoms with Crippen LogP contribution in [0.5, 0.6) is 0 Å². The molecule has 0 aromatic rings. The summed E-state index contributed by atoms with van der Waals surface area (Å²) in [6.07, 6.45) is 3.10. The second-order valence-corrected chi connectivity index (χ2v) is 2.73. The van der Waals surface area contributed by atoms with E-state index < -0.39 is 0 Å². The van der Waals surface area contributed by atoms with E-state index in [2.05, 4.69) is 7.05 Å². The number of piperidine rings is 1. The molecule has 1 fully saturated rings. The van der Waals surface area contributed by atoms with Crippen molar-refractivity contribution in [1.82, 2.24) is 4.90 Å². The summed E-state index contributed by atoms with van der Waals surface area (Å²) < 4.78 is 0. The topological polar surface area (TPSA) is 46.3 Å². The van der Waals surface area contributed by atoms with Crippen LogP contribution in [-0.2, 0) is 4.79 Å². The predicted molar refractivity (Wildman–Crippen MR) is 38.9 cm³/mol. The fourth-order valence-corrected chi connectivity index (χ4v) is 1.31. The Morgan fingerprint density at radius 2 is 2.30 bits per heavy atom. The molecule has 1 atom stereocenters. The average molecular weight is 141 g/mol. The summed E-state index contributed by atoms with van der Waals surface area (Å²) in [6.45, 7) is 0.896. The highest BCUT2D eigenvalue weighted by Crippen LogP contribution is 2.14. The van der Waals surface area contributed by atoms with Crippen LogP contribution in [0.15, 0.2) is 0 Å².